The van der Waals surface area contributed by atoms with E-state index in [1.807, 2.05) is 0 Å². The third-order valence-electron chi connectivity index (χ3n) is 2.93. The second-order valence-corrected chi connectivity index (χ2v) is 4.73. The van der Waals surface area contributed by atoms with Crippen molar-refractivity contribution in [1.29, 1.82) is 0 Å². The van der Waals surface area contributed by atoms with Crippen LogP contribution < -0.4 is 4.74 Å². The molecule has 0 aromatic heterocycles. The van der Waals surface area contributed by atoms with Gasteiger partial charge in [-0.05, 0) is 18.6 Å². The molecule has 0 saturated heterocycles. The van der Waals surface area contributed by atoms with Gasteiger partial charge in [-0.25, -0.2) is 8.78 Å². The van der Waals surface area contributed by atoms with Crippen molar-refractivity contribution in [2.75, 3.05) is 33.4 Å². The van der Waals surface area contributed by atoms with E-state index in [1.165, 1.54) is 18.1 Å². The number of carbonyl (C=O) groups is 2. The molecule has 1 N–H and O–H groups in total. The molecule has 0 fully saturated rings. The van der Waals surface area contributed by atoms with Crippen LogP contribution in [-0.4, -0.2) is 55.3 Å². The Hall–Kier alpha value is -2.22. The lowest BCUT2D eigenvalue weighted by atomic mass is 10.2. The molecule has 0 unspecified atom stereocenters. The van der Waals surface area contributed by atoms with Crippen molar-refractivity contribution in [2.24, 2.45) is 0 Å². The van der Waals surface area contributed by atoms with E-state index in [0.29, 0.717) is 6.07 Å². The maximum atomic E-state index is 13.3. The Balaban J connectivity index is 2.39. The first-order valence-electron chi connectivity index (χ1n) is 7.00. The summed E-state index contributed by atoms with van der Waals surface area (Å²) in [6.07, 6.45) is 0.332. The zero-order valence-corrected chi connectivity index (χ0v) is 12.8. The molecule has 0 aliphatic carbocycles. The monoisotopic (exact) mass is 331 g/mol. The lowest BCUT2D eigenvalue weighted by Crippen LogP contribution is -2.38. The predicted octanol–water partition coefficient (Wildman–Crippen LogP) is 1.68. The van der Waals surface area contributed by atoms with Crippen molar-refractivity contribution in [3.8, 4) is 5.75 Å². The minimum Gasteiger partial charge on any atom is -0.491 e. The lowest BCUT2D eigenvalue weighted by Gasteiger charge is -2.20. The quantitative estimate of drug-likeness (QED) is 0.660. The molecule has 0 saturated carbocycles. The van der Waals surface area contributed by atoms with Crippen LogP contribution in [-0.2, 0) is 14.3 Å². The molecule has 23 heavy (non-hydrogen) atoms. The zero-order chi connectivity index (χ0) is 17.2. The van der Waals surface area contributed by atoms with Gasteiger partial charge in [0.1, 0.15) is 12.4 Å². The van der Waals surface area contributed by atoms with Crippen LogP contribution in [0.25, 0.3) is 0 Å². The Labute approximate surface area is 132 Å². The van der Waals surface area contributed by atoms with Crippen LogP contribution in [0.5, 0.6) is 5.75 Å². The van der Waals surface area contributed by atoms with Crippen molar-refractivity contribution >= 4 is 11.9 Å². The van der Waals surface area contributed by atoms with Gasteiger partial charge < -0.3 is 19.5 Å². The smallest absolute Gasteiger partial charge is 0.323 e. The molecule has 1 rings (SSSR count). The molecule has 0 heterocycles. The molecule has 0 spiro atoms. The fraction of sp³-hybridized carbons (Fsp3) is 0.467. The molecule has 0 aliphatic rings. The van der Waals surface area contributed by atoms with Crippen LogP contribution in [0.15, 0.2) is 18.2 Å². The highest BCUT2D eigenvalue weighted by Gasteiger charge is 2.16. The molecule has 1 amide bonds. The lowest BCUT2D eigenvalue weighted by molar-refractivity contribution is -0.145. The average molecular weight is 331 g/mol. The Morgan fingerprint density at radius 1 is 1.26 bits per heavy atom. The number of benzene rings is 1. The molecule has 0 atom stereocenters. The third kappa shape index (κ3) is 7.05. The normalized spacial score (nSPS) is 10.4. The maximum absolute atomic E-state index is 13.3. The number of carboxylic acid groups (broad SMARTS) is 1. The third-order valence-corrected chi connectivity index (χ3v) is 2.93. The van der Waals surface area contributed by atoms with Crippen LogP contribution in [0.2, 0.25) is 0 Å². The van der Waals surface area contributed by atoms with Gasteiger partial charge in [-0.2, -0.15) is 0 Å². The molecule has 1 aromatic rings. The van der Waals surface area contributed by atoms with Crippen molar-refractivity contribution < 1.29 is 33.0 Å². The number of nitrogens with zero attached hydrogens (tertiary/aromatic N) is 1. The number of carbonyl (C=O) groups excluding carboxylic acids is 1. The summed E-state index contributed by atoms with van der Waals surface area (Å²) in [5, 5.41) is 8.77. The molecule has 0 aliphatic heterocycles. The average Bonchev–Trinajstić information content (AvgIpc) is 2.49. The van der Waals surface area contributed by atoms with Gasteiger partial charge in [0.15, 0.2) is 11.6 Å². The summed E-state index contributed by atoms with van der Waals surface area (Å²) in [5.74, 6) is -3.08. The summed E-state index contributed by atoms with van der Waals surface area (Å²) >= 11 is 0. The number of carboxylic acids is 1. The summed E-state index contributed by atoms with van der Waals surface area (Å²) < 4.78 is 36.0. The summed E-state index contributed by atoms with van der Waals surface area (Å²) in [6.45, 7) is 0.0561. The van der Waals surface area contributed by atoms with Crippen LogP contribution in [0.4, 0.5) is 8.78 Å². The molecule has 6 nitrogen and oxygen atoms in total. The van der Waals surface area contributed by atoms with Gasteiger partial charge in [0.05, 0.1) is 13.2 Å². The second-order valence-electron chi connectivity index (χ2n) is 4.73. The van der Waals surface area contributed by atoms with E-state index in [9.17, 15) is 18.4 Å². The van der Waals surface area contributed by atoms with Gasteiger partial charge in [-0.15, -0.1) is 0 Å². The van der Waals surface area contributed by atoms with Gasteiger partial charge in [-0.1, -0.05) is 0 Å². The molecule has 0 radical (unpaired) electrons. The number of amides is 1. The Morgan fingerprint density at radius 3 is 2.61 bits per heavy atom. The minimum absolute atomic E-state index is 0.0550. The summed E-state index contributed by atoms with van der Waals surface area (Å²) in [7, 11) is 1.45. The van der Waals surface area contributed by atoms with E-state index >= 15 is 0 Å². The van der Waals surface area contributed by atoms with Gasteiger partial charge in [0.2, 0.25) is 5.91 Å². The van der Waals surface area contributed by atoms with E-state index in [0.717, 1.165) is 6.07 Å². The summed E-state index contributed by atoms with van der Waals surface area (Å²) in [6, 6.07) is 2.95. The number of halogens is 2. The van der Waals surface area contributed by atoms with Gasteiger partial charge >= 0.3 is 5.97 Å². The fourth-order valence-corrected chi connectivity index (χ4v) is 1.81. The van der Waals surface area contributed by atoms with E-state index in [-0.39, 0.29) is 44.3 Å². The van der Waals surface area contributed by atoms with E-state index in [1.54, 1.807) is 0 Å². The molecular formula is C15H19F2NO5. The standard InChI is InChI=1S/C15H19F2NO5/c1-22-8-6-18(10-15(20)21)14(19)3-2-7-23-13-5-4-11(16)9-12(13)17/h4-5,9H,2-3,6-8,10H2,1H3,(H,20,21). The Kier molecular flexibility index (Phi) is 7.96. The fourth-order valence-electron chi connectivity index (χ4n) is 1.81. The topological polar surface area (TPSA) is 76.1 Å². The molecule has 1 aromatic carbocycles. The van der Waals surface area contributed by atoms with Crippen molar-refractivity contribution in [3.05, 3.63) is 29.8 Å². The van der Waals surface area contributed by atoms with E-state index in [2.05, 4.69) is 0 Å². The highest BCUT2D eigenvalue weighted by Crippen LogP contribution is 2.17. The molecule has 0 bridgehead atoms. The van der Waals surface area contributed by atoms with E-state index in [4.69, 9.17) is 14.6 Å². The summed E-state index contributed by atoms with van der Waals surface area (Å²) in [4.78, 5) is 23.8. The van der Waals surface area contributed by atoms with Crippen molar-refractivity contribution in [3.63, 3.8) is 0 Å². The molecule has 8 heteroatoms. The van der Waals surface area contributed by atoms with Gasteiger partial charge in [0, 0.05) is 26.1 Å². The number of aliphatic carboxylic acids is 1. The first-order chi connectivity index (χ1) is 10.9. The second kappa shape index (κ2) is 9.73. The van der Waals surface area contributed by atoms with Gasteiger partial charge in [-0.3, -0.25) is 9.59 Å². The highest BCUT2D eigenvalue weighted by atomic mass is 19.1. The summed E-state index contributed by atoms with van der Waals surface area (Å²) in [5.41, 5.74) is 0. The van der Waals surface area contributed by atoms with Gasteiger partial charge in [0.25, 0.3) is 0 Å². The van der Waals surface area contributed by atoms with Crippen LogP contribution in [0.1, 0.15) is 12.8 Å². The van der Waals surface area contributed by atoms with E-state index < -0.39 is 24.1 Å². The maximum Gasteiger partial charge on any atom is 0.323 e. The van der Waals surface area contributed by atoms with Crippen LogP contribution in [0, 0.1) is 11.6 Å². The van der Waals surface area contributed by atoms with Crippen LogP contribution in [0.3, 0.4) is 0 Å². The zero-order valence-electron chi connectivity index (χ0n) is 12.8. The first-order valence-corrected chi connectivity index (χ1v) is 7.00. The SMILES string of the molecule is COCCN(CC(=O)O)C(=O)CCCOc1ccc(F)cc1F. The predicted molar refractivity (Wildman–Crippen MR) is 77.2 cm³/mol. The first kappa shape index (κ1) is 18.8. The largest absolute Gasteiger partial charge is 0.491 e. The number of hydrogen-bond acceptors (Lipinski definition) is 4. The number of hydrogen-bond donors (Lipinski definition) is 1. The van der Waals surface area contributed by atoms with Crippen molar-refractivity contribution in [1.82, 2.24) is 4.90 Å². The number of ether oxygens (including phenoxy) is 2. The number of methoxy groups -OCH3 is 1. The minimum atomic E-state index is -1.11. The molecule has 128 valence electrons. The highest BCUT2D eigenvalue weighted by molar-refractivity contribution is 5.81. The van der Waals surface area contributed by atoms with Crippen LogP contribution >= 0.6 is 0 Å². The Morgan fingerprint density at radius 2 is 2.00 bits per heavy atom. The van der Waals surface area contributed by atoms with Crippen molar-refractivity contribution in [2.45, 2.75) is 12.8 Å². The number of rotatable bonds is 10. The molecular weight excluding hydrogens is 312 g/mol. The Bertz CT molecular complexity index is 539.